The van der Waals surface area contributed by atoms with Gasteiger partial charge in [0, 0.05) is 29.1 Å². The van der Waals surface area contributed by atoms with E-state index in [1.54, 1.807) is 16.3 Å². The zero-order chi connectivity index (χ0) is 21.6. The quantitative estimate of drug-likeness (QED) is 0.479. The van der Waals surface area contributed by atoms with E-state index in [0.717, 1.165) is 36.2 Å². The maximum Gasteiger partial charge on any atom is 0.266 e. The van der Waals surface area contributed by atoms with E-state index in [1.165, 1.54) is 29.5 Å². The van der Waals surface area contributed by atoms with Crippen LogP contribution in [0.5, 0.6) is 0 Å². The number of hydrogen-bond donors (Lipinski definition) is 2. The molecular weight excluding hydrogens is 437 g/mol. The molecule has 1 atom stereocenters. The predicted octanol–water partition coefficient (Wildman–Crippen LogP) is 3.30. The summed E-state index contributed by atoms with van der Waals surface area (Å²) < 4.78 is 44.1. The number of nitrogens with two attached hydrogens (primary N) is 1. The summed E-state index contributed by atoms with van der Waals surface area (Å²) in [6.07, 6.45) is 5.76. The molecule has 0 fully saturated rings. The highest BCUT2D eigenvalue weighted by atomic mass is 32.2. The molecule has 2 heterocycles. The summed E-state index contributed by atoms with van der Waals surface area (Å²) in [5.41, 5.74) is 10.3. The number of hydrogen-bond acceptors (Lipinski definition) is 6. The SMILES string of the molecule is N[C@H]1CCc2cccc(Cn3ncc4cc(S(=O)(=O)Nc5nccs5)c(F)cc43)c2C1. The molecule has 4 aromatic rings. The molecule has 3 N–H and O–H groups in total. The average Bonchev–Trinajstić information content (AvgIpc) is 3.37. The van der Waals surface area contributed by atoms with Gasteiger partial charge in [0.1, 0.15) is 10.7 Å². The van der Waals surface area contributed by atoms with Gasteiger partial charge in [0.2, 0.25) is 0 Å². The molecule has 31 heavy (non-hydrogen) atoms. The van der Waals surface area contributed by atoms with Crippen molar-refractivity contribution in [3.63, 3.8) is 0 Å². The zero-order valence-electron chi connectivity index (χ0n) is 16.5. The molecule has 0 radical (unpaired) electrons. The molecule has 160 valence electrons. The maximum absolute atomic E-state index is 14.9. The van der Waals surface area contributed by atoms with E-state index < -0.39 is 20.7 Å². The molecule has 0 spiro atoms. The van der Waals surface area contributed by atoms with Gasteiger partial charge in [-0.3, -0.25) is 9.40 Å². The van der Waals surface area contributed by atoms with Crippen molar-refractivity contribution in [1.29, 1.82) is 0 Å². The molecule has 0 aliphatic heterocycles. The van der Waals surface area contributed by atoms with Gasteiger partial charge in [-0.1, -0.05) is 18.2 Å². The summed E-state index contributed by atoms with van der Waals surface area (Å²) in [5.74, 6) is -0.838. The number of thiazole rings is 1. The van der Waals surface area contributed by atoms with Crippen molar-refractivity contribution in [2.75, 3.05) is 4.72 Å². The third-order valence-corrected chi connectivity index (χ3v) is 7.75. The molecular formula is C21H20FN5O2S2. The van der Waals surface area contributed by atoms with E-state index >= 15 is 0 Å². The van der Waals surface area contributed by atoms with E-state index in [0.29, 0.717) is 17.4 Å². The lowest BCUT2D eigenvalue weighted by Gasteiger charge is -2.24. The molecule has 2 aromatic carbocycles. The molecule has 5 rings (SSSR count). The summed E-state index contributed by atoms with van der Waals surface area (Å²) in [7, 11) is -4.10. The second kappa shape index (κ2) is 7.70. The largest absolute Gasteiger partial charge is 0.327 e. The van der Waals surface area contributed by atoms with Gasteiger partial charge in [-0.15, -0.1) is 11.3 Å². The molecule has 1 aliphatic rings. The first kappa shape index (κ1) is 20.1. The first-order valence-electron chi connectivity index (χ1n) is 9.83. The molecule has 0 saturated carbocycles. The molecule has 2 aromatic heterocycles. The van der Waals surface area contributed by atoms with E-state index in [9.17, 15) is 12.8 Å². The number of fused-ring (bicyclic) bond motifs is 2. The average molecular weight is 458 g/mol. The standard InChI is InChI=1S/C21H20FN5O2S2/c22-18-10-19-15(8-20(18)31(28,29)26-21-24-6-7-30-21)11-25-27(19)12-14-3-1-2-13-4-5-16(23)9-17(13)14/h1-3,6-8,10-11,16H,4-5,9,12,23H2,(H,24,26)/t16-/m0/s1. The fourth-order valence-electron chi connectivity index (χ4n) is 4.05. The second-order valence-electron chi connectivity index (χ2n) is 7.64. The molecule has 1 aliphatic carbocycles. The Balaban J connectivity index is 1.50. The van der Waals surface area contributed by atoms with Crippen LogP contribution in [-0.4, -0.2) is 29.2 Å². The first-order valence-corrected chi connectivity index (χ1v) is 12.2. The number of nitrogens with zero attached hydrogens (tertiary/aromatic N) is 3. The van der Waals surface area contributed by atoms with Gasteiger partial charge in [0.25, 0.3) is 10.0 Å². The summed E-state index contributed by atoms with van der Waals surface area (Å²) in [4.78, 5) is 3.46. The Morgan fingerprint density at radius 3 is 3.00 bits per heavy atom. The fraction of sp³-hybridized carbons (Fsp3) is 0.238. The summed E-state index contributed by atoms with van der Waals surface area (Å²) in [6, 6.07) is 8.85. The van der Waals surface area contributed by atoms with E-state index in [2.05, 4.69) is 20.9 Å². The van der Waals surface area contributed by atoms with Crippen LogP contribution in [-0.2, 0) is 29.4 Å². The highest BCUT2D eigenvalue weighted by Gasteiger charge is 2.23. The Morgan fingerprint density at radius 2 is 2.19 bits per heavy atom. The number of aromatic nitrogens is 3. The van der Waals surface area contributed by atoms with Crippen LogP contribution in [0, 0.1) is 5.82 Å². The lowest BCUT2D eigenvalue weighted by atomic mass is 9.86. The van der Waals surface area contributed by atoms with Crippen LogP contribution in [0.3, 0.4) is 0 Å². The lowest BCUT2D eigenvalue weighted by molar-refractivity contribution is 0.567. The molecule has 0 amide bonds. The van der Waals surface area contributed by atoms with Crippen molar-refractivity contribution in [3.05, 3.63) is 70.6 Å². The van der Waals surface area contributed by atoms with E-state index in [4.69, 9.17) is 5.73 Å². The van der Waals surface area contributed by atoms with Crippen LogP contribution in [0.4, 0.5) is 9.52 Å². The molecule has 10 heteroatoms. The first-order chi connectivity index (χ1) is 14.9. The smallest absolute Gasteiger partial charge is 0.266 e. The number of benzene rings is 2. The summed E-state index contributed by atoms with van der Waals surface area (Å²) in [5, 5.41) is 6.75. The van der Waals surface area contributed by atoms with Crippen LogP contribution in [0.15, 0.2) is 53.0 Å². The Kier molecular flexibility index (Phi) is 4.99. The number of nitrogens with one attached hydrogen (secondary N) is 1. The zero-order valence-corrected chi connectivity index (χ0v) is 18.1. The van der Waals surface area contributed by atoms with Crippen molar-refractivity contribution in [2.45, 2.75) is 36.7 Å². The highest BCUT2D eigenvalue weighted by molar-refractivity contribution is 7.93. The number of sulfonamides is 1. The molecule has 0 unspecified atom stereocenters. The van der Waals surface area contributed by atoms with Crippen molar-refractivity contribution < 1.29 is 12.8 Å². The lowest BCUT2D eigenvalue weighted by Crippen LogP contribution is -2.29. The number of halogens is 1. The van der Waals surface area contributed by atoms with E-state index in [-0.39, 0.29) is 11.2 Å². The number of anilines is 1. The van der Waals surface area contributed by atoms with Gasteiger partial charge < -0.3 is 5.73 Å². The van der Waals surface area contributed by atoms with E-state index in [1.807, 2.05) is 12.1 Å². The van der Waals surface area contributed by atoms with Crippen LogP contribution in [0.2, 0.25) is 0 Å². The van der Waals surface area contributed by atoms with Crippen LogP contribution in [0.25, 0.3) is 10.9 Å². The van der Waals surface area contributed by atoms with Crippen molar-refractivity contribution >= 4 is 37.4 Å². The highest BCUT2D eigenvalue weighted by Crippen LogP contribution is 2.28. The van der Waals surface area contributed by atoms with Gasteiger partial charge in [0.15, 0.2) is 5.13 Å². The van der Waals surface area contributed by atoms with Gasteiger partial charge in [-0.05, 0) is 42.0 Å². The van der Waals surface area contributed by atoms with Crippen molar-refractivity contribution in [2.24, 2.45) is 5.73 Å². The number of rotatable bonds is 5. The summed E-state index contributed by atoms with van der Waals surface area (Å²) >= 11 is 1.12. The van der Waals surface area contributed by atoms with Crippen molar-refractivity contribution in [1.82, 2.24) is 14.8 Å². The topological polar surface area (TPSA) is 103 Å². The van der Waals surface area contributed by atoms with Gasteiger partial charge in [-0.2, -0.15) is 5.10 Å². The van der Waals surface area contributed by atoms with Gasteiger partial charge in [-0.25, -0.2) is 17.8 Å². The Labute approximate surface area is 182 Å². The Bertz CT molecular complexity index is 1370. The number of aryl methyl sites for hydroxylation is 1. The van der Waals surface area contributed by atoms with Crippen LogP contribution < -0.4 is 10.5 Å². The Morgan fingerprint density at radius 1 is 1.32 bits per heavy atom. The minimum absolute atomic E-state index is 0.138. The molecule has 7 nitrogen and oxygen atoms in total. The predicted molar refractivity (Wildman–Crippen MR) is 118 cm³/mol. The normalized spacial score (nSPS) is 16.4. The van der Waals surface area contributed by atoms with Gasteiger partial charge in [0.05, 0.1) is 18.3 Å². The second-order valence-corrected chi connectivity index (χ2v) is 10.2. The fourth-order valence-corrected chi connectivity index (χ4v) is 5.94. The summed E-state index contributed by atoms with van der Waals surface area (Å²) in [6.45, 7) is 0.461. The minimum atomic E-state index is -4.10. The Hall–Kier alpha value is -2.82. The van der Waals surface area contributed by atoms with Crippen LogP contribution >= 0.6 is 11.3 Å². The maximum atomic E-state index is 14.9. The van der Waals surface area contributed by atoms with Crippen molar-refractivity contribution in [3.8, 4) is 0 Å². The molecule has 0 saturated heterocycles. The monoisotopic (exact) mass is 457 g/mol. The minimum Gasteiger partial charge on any atom is -0.327 e. The third-order valence-electron chi connectivity index (χ3n) is 5.58. The molecule has 0 bridgehead atoms. The van der Waals surface area contributed by atoms with Crippen LogP contribution in [0.1, 0.15) is 23.1 Å². The third kappa shape index (κ3) is 3.82. The van der Waals surface area contributed by atoms with Gasteiger partial charge >= 0.3 is 0 Å².